The molecule has 0 fully saturated rings. The second-order valence-electron chi connectivity index (χ2n) is 7.57. The summed E-state index contributed by atoms with van der Waals surface area (Å²) < 4.78 is 0. The molecule has 164 valence electrons. The van der Waals surface area contributed by atoms with Crippen LogP contribution in [0.15, 0.2) is 53.5 Å². The summed E-state index contributed by atoms with van der Waals surface area (Å²) in [6.07, 6.45) is 0. The SMILES string of the molecule is CN=C(NCc1ccc(NC(=O)NC(C)C)cc1)NCC(C)c1ccc(C)cc1.I. The third-order valence-electron chi connectivity index (χ3n) is 4.54. The van der Waals surface area contributed by atoms with E-state index in [4.69, 9.17) is 0 Å². The lowest BCUT2D eigenvalue weighted by molar-refractivity contribution is 0.250. The minimum atomic E-state index is -0.196. The quantitative estimate of drug-likeness (QED) is 0.243. The number of nitrogens with zero attached hydrogens (tertiary/aromatic N) is 1. The maximum Gasteiger partial charge on any atom is 0.319 e. The summed E-state index contributed by atoms with van der Waals surface area (Å²) in [7, 11) is 1.77. The molecule has 0 aliphatic carbocycles. The molecule has 2 aromatic carbocycles. The molecule has 1 atom stereocenters. The maximum absolute atomic E-state index is 11.7. The molecule has 7 heteroatoms. The molecule has 0 heterocycles. The van der Waals surface area contributed by atoms with E-state index in [1.54, 1.807) is 7.05 Å². The van der Waals surface area contributed by atoms with Crippen LogP contribution in [-0.4, -0.2) is 31.6 Å². The average molecular weight is 523 g/mol. The summed E-state index contributed by atoms with van der Waals surface area (Å²) in [6.45, 7) is 9.61. The van der Waals surface area contributed by atoms with Crippen LogP contribution >= 0.6 is 24.0 Å². The fourth-order valence-electron chi connectivity index (χ4n) is 2.80. The third-order valence-corrected chi connectivity index (χ3v) is 4.54. The smallest absolute Gasteiger partial charge is 0.319 e. The molecular weight excluding hydrogens is 489 g/mol. The van der Waals surface area contributed by atoms with E-state index in [1.807, 2.05) is 38.1 Å². The van der Waals surface area contributed by atoms with Gasteiger partial charge >= 0.3 is 6.03 Å². The molecule has 2 rings (SSSR count). The normalized spacial score (nSPS) is 12.0. The topological polar surface area (TPSA) is 77.5 Å². The number of aliphatic imine (C=N–C) groups is 1. The van der Waals surface area contributed by atoms with Gasteiger partial charge in [-0.1, -0.05) is 48.9 Å². The van der Waals surface area contributed by atoms with Gasteiger partial charge in [0.25, 0.3) is 0 Å². The van der Waals surface area contributed by atoms with Crippen LogP contribution in [0.3, 0.4) is 0 Å². The van der Waals surface area contributed by atoms with E-state index >= 15 is 0 Å². The van der Waals surface area contributed by atoms with Gasteiger partial charge in [0.2, 0.25) is 0 Å². The number of benzene rings is 2. The summed E-state index contributed by atoms with van der Waals surface area (Å²) in [6, 6.07) is 16.3. The first-order valence-corrected chi connectivity index (χ1v) is 10.0. The highest BCUT2D eigenvalue weighted by atomic mass is 127. The number of aryl methyl sites for hydroxylation is 1. The Kier molecular flexibility index (Phi) is 11.2. The van der Waals surface area contributed by atoms with Crippen LogP contribution in [0, 0.1) is 6.92 Å². The number of anilines is 1. The van der Waals surface area contributed by atoms with E-state index in [-0.39, 0.29) is 36.0 Å². The first-order valence-electron chi connectivity index (χ1n) is 10.0. The van der Waals surface area contributed by atoms with Crippen molar-refractivity contribution < 1.29 is 4.79 Å². The Morgan fingerprint density at radius 3 is 2.17 bits per heavy atom. The van der Waals surface area contributed by atoms with Crippen molar-refractivity contribution in [3.63, 3.8) is 0 Å². The number of rotatable bonds is 7. The largest absolute Gasteiger partial charge is 0.356 e. The molecule has 6 nitrogen and oxygen atoms in total. The molecule has 4 N–H and O–H groups in total. The van der Waals surface area contributed by atoms with Crippen LogP contribution in [0.1, 0.15) is 43.4 Å². The van der Waals surface area contributed by atoms with Gasteiger partial charge in [0.05, 0.1) is 0 Å². The second-order valence-corrected chi connectivity index (χ2v) is 7.57. The van der Waals surface area contributed by atoms with Crippen molar-refractivity contribution in [3.05, 3.63) is 65.2 Å². The number of guanidine groups is 1. The number of carbonyl (C=O) groups is 1. The molecule has 0 aliphatic rings. The van der Waals surface area contributed by atoms with Gasteiger partial charge in [0.1, 0.15) is 0 Å². The van der Waals surface area contributed by atoms with Crippen LogP contribution in [0.25, 0.3) is 0 Å². The van der Waals surface area contributed by atoms with E-state index in [1.165, 1.54) is 11.1 Å². The predicted octanol–water partition coefficient (Wildman–Crippen LogP) is 4.61. The summed E-state index contributed by atoms with van der Waals surface area (Å²) in [5.41, 5.74) is 4.45. The van der Waals surface area contributed by atoms with Gasteiger partial charge in [-0.3, -0.25) is 4.99 Å². The Morgan fingerprint density at radius 2 is 1.60 bits per heavy atom. The zero-order valence-corrected chi connectivity index (χ0v) is 20.8. The van der Waals surface area contributed by atoms with Crippen molar-refractivity contribution in [1.82, 2.24) is 16.0 Å². The maximum atomic E-state index is 11.7. The molecule has 0 aromatic heterocycles. The van der Waals surface area contributed by atoms with Gasteiger partial charge in [-0.2, -0.15) is 0 Å². The molecular formula is C23H34IN5O. The minimum absolute atomic E-state index is 0. The van der Waals surface area contributed by atoms with Crippen molar-refractivity contribution in [2.24, 2.45) is 4.99 Å². The molecule has 0 saturated carbocycles. The van der Waals surface area contributed by atoms with Gasteiger partial charge in [-0.05, 0) is 49.9 Å². The van der Waals surface area contributed by atoms with E-state index in [2.05, 4.69) is 64.4 Å². The van der Waals surface area contributed by atoms with Crippen LogP contribution in [0.4, 0.5) is 10.5 Å². The van der Waals surface area contributed by atoms with Crippen LogP contribution in [0.5, 0.6) is 0 Å². The highest BCUT2D eigenvalue weighted by Gasteiger charge is 2.07. The summed E-state index contributed by atoms with van der Waals surface area (Å²) in [4.78, 5) is 16.0. The zero-order chi connectivity index (χ0) is 21.2. The molecule has 1 unspecified atom stereocenters. The number of carbonyl (C=O) groups excluding carboxylic acids is 1. The van der Waals surface area contributed by atoms with E-state index in [0.29, 0.717) is 12.5 Å². The molecule has 0 bridgehead atoms. The van der Waals surface area contributed by atoms with Gasteiger partial charge in [0, 0.05) is 31.9 Å². The Hall–Kier alpha value is -2.29. The summed E-state index contributed by atoms with van der Waals surface area (Å²) in [5, 5.41) is 12.3. The lowest BCUT2D eigenvalue weighted by Crippen LogP contribution is -2.38. The fourth-order valence-corrected chi connectivity index (χ4v) is 2.80. The number of urea groups is 1. The molecule has 30 heavy (non-hydrogen) atoms. The Bertz CT molecular complexity index is 803. The van der Waals surface area contributed by atoms with E-state index in [0.717, 1.165) is 23.8 Å². The standard InChI is InChI=1S/C23H33N5O.HI/c1-16(2)27-23(29)28-21-12-8-19(9-13-21)15-26-22(24-5)25-14-18(4)20-10-6-17(3)7-11-20;/h6-13,16,18H,14-15H2,1-5H3,(H2,24,25,26)(H2,27,28,29);1H. The first-order chi connectivity index (χ1) is 13.9. The van der Waals surface area contributed by atoms with Gasteiger partial charge in [-0.15, -0.1) is 24.0 Å². The average Bonchev–Trinajstić information content (AvgIpc) is 2.69. The number of hydrogen-bond acceptors (Lipinski definition) is 2. The lowest BCUT2D eigenvalue weighted by Gasteiger charge is -2.17. The third kappa shape index (κ3) is 9.02. The van der Waals surface area contributed by atoms with Crippen LogP contribution < -0.4 is 21.3 Å². The van der Waals surface area contributed by atoms with Crippen molar-refractivity contribution in [2.75, 3.05) is 18.9 Å². The van der Waals surface area contributed by atoms with Crippen molar-refractivity contribution in [2.45, 2.75) is 46.2 Å². The van der Waals surface area contributed by atoms with E-state index < -0.39 is 0 Å². The number of halogens is 1. The monoisotopic (exact) mass is 523 g/mol. The molecule has 2 amide bonds. The van der Waals surface area contributed by atoms with Crippen molar-refractivity contribution in [3.8, 4) is 0 Å². The molecule has 0 aliphatic heterocycles. The fraction of sp³-hybridized carbons (Fsp3) is 0.391. The number of hydrogen-bond donors (Lipinski definition) is 4. The highest BCUT2D eigenvalue weighted by Crippen LogP contribution is 2.14. The summed E-state index contributed by atoms with van der Waals surface area (Å²) in [5.74, 6) is 1.15. The molecule has 0 saturated heterocycles. The highest BCUT2D eigenvalue weighted by molar-refractivity contribution is 14.0. The number of nitrogens with one attached hydrogen (secondary N) is 4. The van der Waals surface area contributed by atoms with E-state index in [9.17, 15) is 4.79 Å². The summed E-state index contributed by atoms with van der Waals surface area (Å²) >= 11 is 0. The van der Waals surface area contributed by atoms with Gasteiger partial charge < -0.3 is 21.3 Å². The Balaban J connectivity index is 0.00000450. The second kappa shape index (κ2) is 13.1. The Labute approximate surface area is 197 Å². The van der Waals surface area contributed by atoms with Crippen molar-refractivity contribution >= 4 is 41.7 Å². The Morgan fingerprint density at radius 1 is 0.967 bits per heavy atom. The molecule has 0 spiro atoms. The first kappa shape index (κ1) is 25.7. The zero-order valence-electron chi connectivity index (χ0n) is 18.5. The number of amides is 2. The molecule has 0 radical (unpaired) electrons. The van der Waals surface area contributed by atoms with Gasteiger partial charge in [-0.25, -0.2) is 4.79 Å². The van der Waals surface area contributed by atoms with Crippen LogP contribution in [0.2, 0.25) is 0 Å². The molecule has 2 aromatic rings. The van der Waals surface area contributed by atoms with Gasteiger partial charge in [0.15, 0.2) is 5.96 Å². The predicted molar refractivity (Wildman–Crippen MR) is 137 cm³/mol. The minimum Gasteiger partial charge on any atom is -0.356 e. The van der Waals surface area contributed by atoms with Crippen molar-refractivity contribution in [1.29, 1.82) is 0 Å². The lowest BCUT2D eigenvalue weighted by atomic mass is 10.0. The van der Waals surface area contributed by atoms with Crippen LogP contribution in [-0.2, 0) is 6.54 Å².